The minimum Gasteiger partial charge on any atom is -0.387 e. The lowest BCUT2D eigenvalue weighted by molar-refractivity contribution is -0.140. The molecule has 0 spiro atoms. The smallest absolute Gasteiger partial charge is 0.387 e. The highest BCUT2D eigenvalue weighted by Crippen LogP contribution is 2.36. The van der Waals surface area contributed by atoms with Gasteiger partial charge in [0, 0.05) is 17.5 Å². The Labute approximate surface area is 120 Å². The van der Waals surface area contributed by atoms with Crippen molar-refractivity contribution in [2.24, 2.45) is 0 Å². The van der Waals surface area contributed by atoms with Gasteiger partial charge in [-0.25, -0.2) is 0 Å². The average molecular weight is 301 g/mol. The summed E-state index contributed by atoms with van der Waals surface area (Å²) in [5.74, 6) is 0. The van der Waals surface area contributed by atoms with Crippen LogP contribution in [0.15, 0.2) is 18.2 Å². The maximum Gasteiger partial charge on any atom is 0.435 e. The van der Waals surface area contributed by atoms with Crippen LogP contribution in [0.25, 0.3) is 10.9 Å². The molecule has 0 bridgehead atoms. The number of aliphatic hydroxyl groups excluding tert-OH is 1. The molecule has 1 atom stereocenters. The molecule has 0 aliphatic rings. The lowest BCUT2D eigenvalue weighted by atomic mass is 10.0. The summed E-state index contributed by atoms with van der Waals surface area (Å²) in [6, 6.07) is 4.59. The molecule has 0 saturated carbocycles. The zero-order valence-electron chi connectivity index (χ0n) is 12.0. The summed E-state index contributed by atoms with van der Waals surface area (Å²) in [7, 11) is 0. The van der Waals surface area contributed by atoms with E-state index in [9.17, 15) is 18.3 Å². The predicted octanol–water partition coefficient (Wildman–Crippen LogP) is 3.00. The molecule has 0 unspecified atom stereocenters. The predicted molar refractivity (Wildman–Crippen MR) is 73.8 cm³/mol. The van der Waals surface area contributed by atoms with Crippen LogP contribution in [-0.2, 0) is 6.18 Å². The van der Waals surface area contributed by atoms with Gasteiger partial charge in [0.05, 0.1) is 11.6 Å². The van der Waals surface area contributed by atoms with Crippen LogP contribution < -0.4 is 5.32 Å². The largest absolute Gasteiger partial charge is 0.435 e. The Morgan fingerprint density at radius 1 is 1.29 bits per heavy atom. The van der Waals surface area contributed by atoms with E-state index in [-0.39, 0.29) is 28.6 Å². The van der Waals surface area contributed by atoms with Crippen LogP contribution in [0, 0.1) is 0 Å². The number of rotatable bonds is 3. The van der Waals surface area contributed by atoms with Crippen LogP contribution >= 0.6 is 0 Å². The number of halogens is 3. The number of hydrogen-bond acceptors (Lipinski definition) is 3. The minimum absolute atomic E-state index is 0.0757. The zero-order chi connectivity index (χ0) is 15.8. The third kappa shape index (κ3) is 3.54. The first kappa shape index (κ1) is 15.8. The monoisotopic (exact) mass is 301 g/mol. The highest BCUT2D eigenvalue weighted by Gasteiger charge is 2.37. The molecule has 4 nitrogen and oxygen atoms in total. The van der Waals surface area contributed by atoms with Crippen molar-refractivity contribution in [2.75, 3.05) is 6.54 Å². The zero-order valence-corrected chi connectivity index (χ0v) is 12.0. The van der Waals surface area contributed by atoms with Gasteiger partial charge in [-0.3, -0.25) is 5.10 Å². The Balaban J connectivity index is 2.42. The van der Waals surface area contributed by atoms with Crippen molar-refractivity contribution in [3.8, 4) is 0 Å². The number of fused-ring (bicyclic) bond motifs is 1. The number of aromatic amines is 1. The number of alkyl halides is 3. The van der Waals surface area contributed by atoms with Crippen molar-refractivity contribution in [3.63, 3.8) is 0 Å². The third-order valence-corrected chi connectivity index (χ3v) is 3.07. The second-order valence-corrected chi connectivity index (χ2v) is 5.99. The van der Waals surface area contributed by atoms with E-state index in [0.717, 1.165) is 0 Å². The molecule has 0 amide bonds. The van der Waals surface area contributed by atoms with Gasteiger partial charge in [-0.15, -0.1) is 0 Å². The quantitative estimate of drug-likeness (QED) is 0.816. The van der Waals surface area contributed by atoms with Crippen molar-refractivity contribution >= 4 is 10.9 Å². The molecule has 1 aromatic carbocycles. The summed E-state index contributed by atoms with van der Waals surface area (Å²) in [5, 5.41) is 18.9. The number of nitrogens with one attached hydrogen (secondary N) is 2. The molecule has 0 saturated heterocycles. The van der Waals surface area contributed by atoms with Crippen LogP contribution in [0.3, 0.4) is 0 Å². The Bertz CT molecular complexity index is 628. The summed E-state index contributed by atoms with van der Waals surface area (Å²) in [6.45, 7) is 5.91. The number of H-pyrrole nitrogens is 1. The number of aliphatic hydroxyl groups is 1. The minimum atomic E-state index is -4.56. The van der Waals surface area contributed by atoms with E-state index in [2.05, 4.69) is 15.5 Å². The third-order valence-electron chi connectivity index (χ3n) is 3.07. The fourth-order valence-corrected chi connectivity index (χ4v) is 2.10. The van der Waals surface area contributed by atoms with E-state index in [4.69, 9.17) is 0 Å². The van der Waals surface area contributed by atoms with E-state index >= 15 is 0 Å². The van der Waals surface area contributed by atoms with Crippen LogP contribution in [-0.4, -0.2) is 27.4 Å². The summed E-state index contributed by atoms with van der Waals surface area (Å²) < 4.78 is 39.0. The van der Waals surface area contributed by atoms with E-state index in [0.29, 0.717) is 0 Å². The molecule has 0 aliphatic heterocycles. The first-order valence-corrected chi connectivity index (χ1v) is 6.57. The van der Waals surface area contributed by atoms with Crippen molar-refractivity contribution in [1.29, 1.82) is 0 Å². The number of hydrogen-bond donors (Lipinski definition) is 3. The van der Waals surface area contributed by atoms with Gasteiger partial charge in [-0.1, -0.05) is 12.1 Å². The van der Waals surface area contributed by atoms with Crippen LogP contribution in [0.5, 0.6) is 0 Å². The van der Waals surface area contributed by atoms with Gasteiger partial charge in [-0.05, 0) is 32.4 Å². The second-order valence-electron chi connectivity index (χ2n) is 5.99. The normalized spacial score (nSPS) is 14.6. The molecule has 21 heavy (non-hydrogen) atoms. The molecule has 3 N–H and O–H groups in total. The SMILES string of the molecule is CC(C)(C)NC[C@H](O)c1cccc2[nH]nc(C(F)(F)F)c12. The van der Waals surface area contributed by atoms with Gasteiger partial charge in [0.25, 0.3) is 0 Å². The Hall–Kier alpha value is -1.60. The summed E-state index contributed by atoms with van der Waals surface area (Å²) in [6.07, 6.45) is -5.61. The van der Waals surface area contributed by atoms with E-state index < -0.39 is 18.0 Å². The summed E-state index contributed by atoms with van der Waals surface area (Å²) in [5.41, 5.74) is -0.763. The van der Waals surface area contributed by atoms with Crippen LogP contribution in [0.2, 0.25) is 0 Å². The summed E-state index contributed by atoms with van der Waals surface area (Å²) >= 11 is 0. The summed E-state index contributed by atoms with van der Waals surface area (Å²) in [4.78, 5) is 0. The number of aromatic nitrogens is 2. The standard InChI is InChI=1S/C14H18F3N3O/c1-13(2,3)18-7-10(21)8-5-4-6-9-11(8)12(20-19-9)14(15,16)17/h4-6,10,18,21H,7H2,1-3H3,(H,19,20)/t10-/m0/s1. The molecule has 0 radical (unpaired) electrons. The van der Waals surface area contributed by atoms with Gasteiger partial charge in [0.2, 0.25) is 0 Å². The second kappa shape index (κ2) is 5.31. The number of benzene rings is 1. The number of nitrogens with zero attached hydrogens (tertiary/aromatic N) is 1. The van der Waals surface area contributed by atoms with Gasteiger partial charge < -0.3 is 10.4 Å². The van der Waals surface area contributed by atoms with Gasteiger partial charge in [0.1, 0.15) is 0 Å². The molecular weight excluding hydrogens is 283 g/mol. The average Bonchev–Trinajstić information content (AvgIpc) is 2.78. The maximum atomic E-state index is 13.0. The fraction of sp³-hybridized carbons (Fsp3) is 0.500. The fourth-order valence-electron chi connectivity index (χ4n) is 2.10. The first-order chi connectivity index (χ1) is 9.59. The van der Waals surface area contributed by atoms with Crippen LogP contribution in [0.4, 0.5) is 13.2 Å². The lowest BCUT2D eigenvalue weighted by Crippen LogP contribution is -2.38. The van der Waals surface area contributed by atoms with Gasteiger partial charge in [0.15, 0.2) is 5.69 Å². The maximum absolute atomic E-state index is 13.0. The molecule has 2 aromatic rings. The molecule has 2 rings (SSSR count). The molecule has 1 aromatic heterocycles. The van der Waals surface area contributed by atoms with Crippen molar-refractivity contribution in [2.45, 2.75) is 38.6 Å². The Kier molecular flexibility index (Phi) is 3.99. The molecule has 0 fully saturated rings. The van der Waals surface area contributed by atoms with Crippen molar-refractivity contribution < 1.29 is 18.3 Å². The van der Waals surface area contributed by atoms with Crippen LogP contribution in [0.1, 0.15) is 38.1 Å². The van der Waals surface area contributed by atoms with Gasteiger partial charge in [-0.2, -0.15) is 18.3 Å². The van der Waals surface area contributed by atoms with E-state index in [1.54, 1.807) is 6.07 Å². The van der Waals surface area contributed by atoms with Crippen molar-refractivity contribution in [3.05, 3.63) is 29.5 Å². The molecule has 1 heterocycles. The first-order valence-electron chi connectivity index (χ1n) is 6.57. The molecule has 0 aliphatic carbocycles. The number of β-amino-alcohol motifs (C(OH)–C–C–N with tert-alkyl or cyclic N) is 1. The van der Waals surface area contributed by atoms with Crippen molar-refractivity contribution in [1.82, 2.24) is 15.5 Å². The topological polar surface area (TPSA) is 60.9 Å². The molecular formula is C14H18F3N3O. The molecule has 116 valence electrons. The van der Waals surface area contributed by atoms with Gasteiger partial charge >= 0.3 is 6.18 Å². The highest BCUT2D eigenvalue weighted by molar-refractivity contribution is 5.85. The lowest BCUT2D eigenvalue weighted by Gasteiger charge is -2.23. The molecule has 7 heteroatoms. The highest BCUT2D eigenvalue weighted by atomic mass is 19.4. The Morgan fingerprint density at radius 2 is 1.95 bits per heavy atom. The van der Waals surface area contributed by atoms with E-state index in [1.165, 1.54) is 12.1 Å². The Morgan fingerprint density at radius 3 is 2.52 bits per heavy atom. The van der Waals surface area contributed by atoms with E-state index in [1.807, 2.05) is 20.8 Å².